The van der Waals surface area contributed by atoms with E-state index in [1.165, 1.54) is 36.8 Å². The van der Waals surface area contributed by atoms with Gasteiger partial charge in [-0.15, -0.1) is 0 Å². The number of nitrogens with one attached hydrogen (secondary N) is 1. The van der Waals surface area contributed by atoms with Gasteiger partial charge in [-0.05, 0) is 57.3 Å². The lowest BCUT2D eigenvalue weighted by molar-refractivity contribution is 0.0373. The quantitative estimate of drug-likeness (QED) is 0.647. The Bertz CT molecular complexity index is 458. The first-order valence-electron chi connectivity index (χ1n) is 8.17. The zero-order chi connectivity index (χ0) is 15.5. The predicted octanol–water partition coefficient (Wildman–Crippen LogP) is 2.88. The summed E-state index contributed by atoms with van der Waals surface area (Å²) < 4.78 is 0. The third-order valence-electron chi connectivity index (χ3n) is 5.43. The molecule has 0 bridgehead atoms. The number of rotatable bonds is 5. The molecule has 118 valence electrons. The molecule has 1 aromatic carbocycles. The van der Waals surface area contributed by atoms with Crippen molar-refractivity contribution < 1.29 is 0 Å². The van der Waals surface area contributed by atoms with Gasteiger partial charge in [-0.1, -0.05) is 44.0 Å². The maximum absolute atomic E-state index is 5.99. The number of likely N-dealkylation sites (N-methyl/N-ethyl adjacent to an activating group) is 1. The van der Waals surface area contributed by atoms with Crippen molar-refractivity contribution in [3.63, 3.8) is 0 Å². The fourth-order valence-corrected chi connectivity index (χ4v) is 4.06. The Morgan fingerprint density at radius 1 is 1.38 bits per heavy atom. The van der Waals surface area contributed by atoms with Crippen LogP contribution in [0.1, 0.15) is 43.7 Å². The normalized spacial score (nSPS) is 27.8. The molecule has 1 aliphatic carbocycles. The number of nitrogens with two attached hydrogens (primary N) is 1. The van der Waals surface area contributed by atoms with Gasteiger partial charge in [-0.25, -0.2) is 0 Å². The first-order chi connectivity index (χ1) is 9.99. The van der Waals surface area contributed by atoms with Crippen molar-refractivity contribution in [1.82, 2.24) is 10.3 Å². The van der Waals surface area contributed by atoms with Crippen LogP contribution in [0, 0.1) is 12.8 Å². The molecule has 2 rings (SSSR count). The van der Waals surface area contributed by atoms with Crippen molar-refractivity contribution in [1.29, 1.82) is 0 Å². The summed E-state index contributed by atoms with van der Waals surface area (Å²) in [5, 5.41) is 0. The summed E-state index contributed by atoms with van der Waals surface area (Å²) in [6.07, 6.45) is 6.09. The minimum atomic E-state index is 0.161. The van der Waals surface area contributed by atoms with Crippen LogP contribution >= 0.6 is 0 Å². The van der Waals surface area contributed by atoms with Crippen molar-refractivity contribution in [2.24, 2.45) is 11.8 Å². The highest BCUT2D eigenvalue weighted by molar-refractivity contribution is 5.27. The Hall–Kier alpha value is -0.900. The van der Waals surface area contributed by atoms with Gasteiger partial charge < -0.3 is 4.90 Å². The van der Waals surface area contributed by atoms with E-state index in [1.54, 1.807) is 0 Å². The summed E-state index contributed by atoms with van der Waals surface area (Å²) in [7, 11) is 4.42. The zero-order valence-corrected chi connectivity index (χ0v) is 14.0. The standard InChI is InChI=1S/C18H31N3/c1-14-8-7-11-18(13-14,21(3)4)17(20-19)12-16-10-6-5-9-15(16)2/h5-6,9-10,14,17,20H,7-8,11-13,19H2,1-4H3. The molecule has 1 saturated carbocycles. The van der Waals surface area contributed by atoms with Crippen LogP contribution in [0.25, 0.3) is 0 Å². The number of benzene rings is 1. The second-order valence-electron chi connectivity index (χ2n) is 7.05. The average Bonchev–Trinajstić information content (AvgIpc) is 2.46. The SMILES string of the molecule is Cc1ccccc1CC(NN)C1(N(C)C)CCCC(C)C1. The van der Waals surface area contributed by atoms with Gasteiger partial charge in [-0.3, -0.25) is 11.3 Å². The van der Waals surface area contributed by atoms with E-state index in [4.69, 9.17) is 5.84 Å². The third-order valence-corrected chi connectivity index (χ3v) is 5.43. The minimum absolute atomic E-state index is 0.161. The van der Waals surface area contributed by atoms with Crippen molar-refractivity contribution in [3.8, 4) is 0 Å². The predicted molar refractivity (Wildman–Crippen MR) is 90.0 cm³/mol. The Morgan fingerprint density at radius 2 is 2.10 bits per heavy atom. The van der Waals surface area contributed by atoms with Crippen LogP contribution in [0.3, 0.4) is 0 Å². The van der Waals surface area contributed by atoms with E-state index < -0.39 is 0 Å². The molecule has 1 aliphatic rings. The smallest absolute Gasteiger partial charge is 0.0435 e. The second-order valence-corrected chi connectivity index (χ2v) is 7.05. The number of aryl methyl sites for hydroxylation is 1. The highest BCUT2D eigenvalue weighted by Gasteiger charge is 2.43. The Morgan fingerprint density at radius 3 is 2.67 bits per heavy atom. The molecular weight excluding hydrogens is 258 g/mol. The van der Waals surface area contributed by atoms with Gasteiger partial charge in [0.1, 0.15) is 0 Å². The number of hydrogen-bond donors (Lipinski definition) is 2. The van der Waals surface area contributed by atoms with Gasteiger partial charge in [-0.2, -0.15) is 0 Å². The molecule has 0 amide bonds. The maximum atomic E-state index is 5.99. The molecule has 1 fully saturated rings. The van der Waals surface area contributed by atoms with Gasteiger partial charge in [0.25, 0.3) is 0 Å². The van der Waals surface area contributed by atoms with Crippen LogP contribution in [0.4, 0.5) is 0 Å². The summed E-state index contributed by atoms with van der Waals surface area (Å²) in [6.45, 7) is 4.56. The van der Waals surface area contributed by atoms with Crippen LogP contribution in [0.5, 0.6) is 0 Å². The monoisotopic (exact) mass is 289 g/mol. The van der Waals surface area contributed by atoms with Crippen LogP contribution in [0.15, 0.2) is 24.3 Å². The maximum Gasteiger partial charge on any atom is 0.0435 e. The van der Waals surface area contributed by atoms with E-state index in [-0.39, 0.29) is 11.6 Å². The van der Waals surface area contributed by atoms with E-state index in [1.807, 2.05) is 0 Å². The van der Waals surface area contributed by atoms with Gasteiger partial charge in [0, 0.05) is 11.6 Å². The van der Waals surface area contributed by atoms with E-state index in [0.717, 1.165) is 12.3 Å². The van der Waals surface area contributed by atoms with Crippen molar-refractivity contribution >= 4 is 0 Å². The zero-order valence-electron chi connectivity index (χ0n) is 14.0. The number of hydrogen-bond acceptors (Lipinski definition) is 3. The summed E-state index contributed by atoms with van der Waals surface area (Å²) >= 11 is 0. The molecule has 0 spiro atoms. The lowest BCUT2D eigenvalue weighted by Gasteiger charge is -2.50. The fourth-order valence-electron chi connectivity index (χ4n) is 4.06. The topological polar surface area (TPSA) is 41.3 Å². The Balaban J connectivity index is 2.26. The lowest BCUT2D eigenvalue weighted by Crippen LogP contribution is -2.63. The highest BCUT2D eigenvalue weighted by Crippen LogP contribution is 2.39. The van der Waals surface area contributed by atoms with Gasteiger partial charge >= 0.3 is 0 Å². The first-order valence-corrected chi connectivity index (χ1v) is 8.17. The average molecular weight is 289 g/mol. The van der Waals surface area contributed by atoms with Crippen LogP contribution in [-0.4, -0.2) is 30.6 Å². The number of nitrogens with zero attached hydrogens (tertiary/aromatic N) is 1. The molecule has 0 saturated heterocycles. The molecule has 3 atom stereocenters. The summed E-state index contributed by atoms with van der Waals surface area (Å²) in [4.78, 5) is 2.41. The van der Waals surface area contributed by atoms with Crippen LogP contribution in [-0.2, 0) is 6.42 Å². The molecule has 0 aromatic heterocycles. The van der Waals surface area contributed by atoms with Crippen molar-refractivity contribution in [2.75, 3.05) is 14.1 Å². The minimum Gasteiger partial charge on any atom is -0.302 e. The van der Waals surface area contributed by atoms with Gasteiger partial charge in [0.15, 0.2) is 0 Å². The van der Waals surface area contributed by atoms with Gasteiger partial charge in [0.2, 0.25) is 0 Å². The highest BCUT2D eigenvalue weighted by atomic mass is 15.3. The molecule has 3 nitrogen and oxygen atoms in total. The lowest BCUT2D eigenvalue weighted by atomic mass is 9.70. The van der Waals surface area contributed by atoms with E-state index in [0.29, 0.717) is 0 Å². The van der Waals surface area contributed by atoms with Crippen LogP contribution in [0.2, 0.25) is 0 Å². The second kappa shape index (κ2) is 6.91. The molecule has 0 heterocycles. The molecule has 0 radical (unpaired) electrons. The Labute approximate surface area is 129 Å². The van der Waals surface area contributed by atoms with Crippen molar-refractivity contribution in [3.05, 3.63) is 35.4 Å². The molecular formula is C18H31N3. The Kier molecular flexibility index (Phi) is 5.42. The van der Waals surface area contributed by atoms with E-state index >= 15 is 0 Å². The number of hydrazine groups is 1. The van der Waals surface area contributed by atoms with E-state index in [2.05, 4.69) is 62.5 Å². The largest absolute Gasteiger partial charge is 0.302 e. The molecule has 0 aliphatic heterocycles. The first kappa shape index (κ1) is 16.5. The summed E-state index contributed by atoms with van der Waals surface area (Å²) in [5.74, 6) is 6.77. The van der Waals surface area contributed by atoms with Gasteiger partial charge in [0.05, 0.1) is 0 Å². The van der Waals surface area contributed by atoms with Crippen LogP contribution < -0.4 is 11.3 Å². The van der Waals surface area contributed by atoms with Crippen molar-refractivity contribution in [2.45, 2.75) is 57.5 Å². The third kappa shape index (κ3) is 3.47. The van der Waals surface area contributed by atoms with E-state index in [9.17, 15) is 0 Å². The molecule has 21 heavy (non-hydrogen) atoms. The molecule has 3 N–H and O–H groups in total. The molecule has 3 unspecified atom stereocenters. The molecule has 3 heteroatoms. The fraction of sp³-hybridized carbons (Fsp3) is 0.667. The summed E-state index contributed by atoms with van der Waals surface area (Å²) in [6, 6.07) is 8.94. The summed E-state index contributed by atoms with van der Waals surface area (Å²) in [5.41, 5.74) is 6.07. The molecule has 1 aromatic rings.